The van der Waals surface area contributed by atoms with Gasteiger partial charge in [0.1, 0.15) is 0 Å². The van der Waals surface area contributed by atoms with Crippen LogP contribution < -0.4 is 0 Å². The lowest BCUT2D eigenvalue weighted by Gasteiger charge is -2.36. The number of benzene rings is 1. The third-order valence-electron chi connectivity index (χ3n) is 3.15. The van der Waals surface area contributed by atoms with Crippen LogP contribution in [0.4, 0.5) is 8.78 Å². The Hall–Kier alpha value is -1.18. The monoisotopic (exact) mass is 317 g/mol. The Balaban J connectivity index is 2.19. The molecule has 2 rings (SSSR count). The van der Waals surface area contributed by atoms with E-state index >= 15 is 0 Å². The van der Waals surface area contributed by atoms with Crippen molar-refractivity contribution < 1.29 is 23.4 Å². The average Bonchev–Trinajstić information content (AvgIpc) is 2.45. The average molecular weight is 317 g/mol. The number of aliphatic hydroxyl groups excluding tert-OH is 1. The minimum Gasteiger partial charge on any atom is -0.394 e. The van der Waals surface area contributed by atoms with Crippen molar-refractivity contribution in [2.24, 2.45) is 0 Å². The van der Waals surface area contributed by atoms with E-state index in [1.165, 1.54) is 6.07 Å². The highest BCUT2D eigenvalue weighted by atomic mass is 32.2. The summed E-state index contributed by atoms with van der Waals surface area (Å²) < 4.78 is 30.6. The number of ether oxygens (including phenoxy) is 1. The number of thioether (sulfide) groups is 1. The van der Waals surface area contributed by atoms with E-state index in [2.05, 4.69) is 0 Å². The first-order valence-electron chi connectivity index (χ1n) is 6.60. The fraction of sp³-hybridized carbons (Fsp3) is 0.500. The highest BCUT2D eigenvalue weighted by molar-refractivity contribution is 7.99. The molecule has 0 aromatic heterocycles. The van der Waals surface area contributed by atoms with Crippen LogP contribution in [0, 0.1) is 0 Å². The summed E-state index contributed by atoms with van der Waals surface area (Å²) in [5, 5.41) is 9.19. The van der Waals surface area contributed by atoms with E-state index in [0.717, 1.165) is 0 Å². The van der Waals surface area contributed by atoms with Gasteiger partial charge in [-0.3, -0.25) is 4.79 Å². The smallest absolute Gasteiger partial charge is 0.288 e. The molecule has 1 aromatic rings. The number of rotatable bonds is 4. The molecule has 7 heteroatoms. The van der Waals surface area contributed by atoms with E-state index < -0.39 is 11.9 Å². The van der Waals surface area contributed by atoms with Crippen molar-refractivity contribution in [2.45, 2.75) is 29.8 Å². The second-order valence-electron chi connectivity index (χ2n) is 4.84. The maximum absolute atomic E-state index is 12.6. The standard InChI is InChI=1S/C14H17F2NO3S/c1-9-6-17(7-10(8-18)20-9)13(19)11-4-2-3-5-12(11)21-14(15)16/h2-5,9-10,14,18H,6-8H2,1H3. The van der Waals surface area contributed by atoms with Gasteiger partial charge in [0.2, 0.25) is 0 Å². The lowest BCUT2D eigenvalue weighted by molar-refractivity contribution is -0.0859. The number of halogens is 2. The fourth-order valence-corrected chi connectivity index (χ4v) is 2.96. The van der Waals surface area contributed by atoms with Crippen molar-refractivity contribution in [1.29, 1.82) is 0 Å². The third kappa shape index (κ3) is 4.15. The molecule has 1 aliphatic heterocycles. The van der Waals surface area contributed by atoms with Crippen LogP contribution in [0.2, 0.25) is 0 Å². The zero-order chi connectivity index (χ0) is 15.4. The molecule has 0 saturated carbocycles. The summed E-state index contributed by atoms with van der Waals surface area (Å²) in [6.45, 7) is 2.26. The first kappa shape index (κ1) is 16.2. The van der Waals surface area contributed by atoms with E-state index in [1.807, 2.05) is 6.92 Å². The SMILES string of the molecule is CC1CN(C(=O)c2ccccc2SC(F)F)CC(CO)O1. The number of carbonyl (C=O) groups is 1. The first-order valence-corrected chi connectivity index (χ1v) is 7.48. The van der Waals surface area contributed by atoms with E-state index in [-0.39, 0.29) is 35.6 Å². The number of alkyl halides is 2. The van der Waals surface area contributed by atoms with Gasteiger partial charge in [0.15, 0.2) is 0 Å². The Morgan fingerprint density at radius 2 is 2.19 bits per heavy atom. The quantitative estimate of drug-likeness (QED) is 0.865. The van der Waals surface area contributed by atoms with E-state index in [1.54, 1.807) is 23.1 Å². The Kier molecular flexibility index (Phi) is 5.55. The summed E-state index contributed by atoms with van der Waals surface area (Å²) in [7, 11) is 0. The van der Waals surface area contributed by atoms with Crippen molar-refractivity contribution in [3.63, 3.8) is 0 Å². The van der Waals surface area contributed by atoms with E-state index in [0.29, 0.717) is 18.3 Å². The molecule has 2 unspecified atom stereocenters. The molecule has 0 aliphatic carbocycles. The number of morpholine rings is 1. The maximum atomic E-state index is 12.6. The second-order valence-corrected chi connectivity index (χ2v) is 5.87. The highest BCUT2D eigenvalue weighted by Gasteiger charge is 2.29. The summed E-state index contributed by atoms with van der Waals surface area (Å²) in [4.78, 5) is 14.3. The van der Waals surface area contributed by atoms with E-state index in [9.17, 15) is 18.7 Å². The normalized spacial score (nSPS) is 22.6. The number of aliphatic hydroxyl groups is 1. The summed E-state index contributed by atoms with van der Waals surface area (Å²) in [6, 6.07) is 6.33. The molecular formula is C14H17F2NO3S. The number of amides is 1. The van der Waals surface area contributed by atoms with Gasteiger partial charge >= 0.3 is 0 Å². The predicted octanol–water partition coefficient (Wildman–Crippen LogP) is 2.22. The predicted molar refractivity (Wildman–Crippen MR) is 75.6 cm³/mol. The molecule has 0 radical (unpaired) electrons. The van der Waals surface area contributed by atoms with Gasteiger partial charge in [0.05, 0.1) is 24.4 Å². The zero-order valence-electron chi connectivity index (χ0n) is 11.5. The molecule has 1 aliphatic rings. The highest BCUT2D eigenvalue weighted by Crippen LogP contribution is 2.29. The number of carbonyl (C=O) groups excluding carboxylic acids is 1. The van der Waals surface area contributed by atoms with Crippen molar-refractivity contribution in [1.82, 2.24) is 4.90 Å². The summed E-state index contributed by atoms with van der Waals surface area (Å²) in [5.74, 6) is -2.89. The van der Waals surface area contributed by atoms with Crippen LogP contribution in [0.1, 0.15) is 17.3 Å². The molecule has 1 N–H and O–H groups in total. The van der Waals surface area contributed by atoms with Crippen molar-refractivity contribution in [3.8, 4) is 0 Å². The van der Waals surface area contributed by atoms with Crippen LogP contribution in [-0.4, -0.2) is 53.6 Å². The van der Waals surface area contributed by atoms with Crippen molar-refractivity contribution in [2.75, 3.05) is 19.7 Å². The summed E-state index contributed by atoms with van der Waals surface area (Å²) >= 11 is 0.363. The van der Waals surface area contributed by atoms with Crippen LogP contribution in [0.3, 0.4) is 0 Å². The minimum absolute atomic E-state index is 0.179. The number of hydrogen-bond donors (Lipinski definition) is 1. The van der Waals surface area contributed by atoms with Gasteiger partial charge in [-0.2, -0.15) is 8.78 Å². The van der Waals surface area contributed by atoms with Gasteiger partial charge in [-0.15, -0.1) is 0 Å². The largest absolute Gasteiger partial charge is 0.394 e. The van der Waals surface area contributed by atoms with Crippen LogP contribution in [0.15, 0.2) is 29.2 Å². The summed E-state index contributed by atoms with van der Waals surface area (Å²) in [5.41, 5.74) is 0.258. The fourth-order valence-electron chi connectivity index (χ4n) is 2.32. The molecular weight excluding hydrogens is 300 g/mol. The van der Waals surface area contributed by atoms with Gasteiger partial charge < -0.3 is 14.7 Å². The van der Waals surface area contributed by atoms with Gasteiger partial charge in [0, 0.05) is 18.0 Å². The molecule has 1 heterocycles. The third-order valence-corrected chi connectivity index (χ3v) is 3.94. The van der Waals surface area contributed by atoms with Gasteiger partial charge in [-0.05, 0) is 19.1 Å². The molecule has 1 aromatic carbocycles. The molecule has 1 saturated heterocycles. The van der Waals surface area contributed by atoms with Crippen molar-refractivity contribution in [3.05, 3.63) is 29.8 Å². The van der Waals surface area contributed by atoms with Crippen LogP contribution in [-0.2, 0) is 4.74 Å². The molecule has 1 amide bonds. The Morgan fingerprint density at radius 1 is 1.48 bits per heavy atom. The first-order chi connectivity index (χ1) is 10.0. The molecule has 0 bridgehead atoms. The lowest BCUT2D eigenvalue weighted by Crippen LogP contribution is -2.50. The van der Waals surface area contributed by atoms with Crippen LogP contribution in [0.25, 0.3) is 0 Å². The Morgan fingerprint density at radius 3 is 2.86 bits per heavy atom. The van der Waals surface area contributed by atoms with E-state index in [4.69, 9.17) is 4.74 Å². The van der Waals surface area contributed by atoms with Crippen molar-refractivity contribution >= 4 is 17.7 Å². The molecule has 4 nitrogen and oxygen atoms in total. The Labute approximate surface area is 126 Å². The molecule has 116 valence electrons. The molecule has 21 heavy (non-hydrogen) atoms. The molecule has 2 atom stereocenters. The molecule has 0 spiro atoms. The van der Waals surface area contributed by atoms with Gasteiger partial charge in [0.25, 0.3) is 11.7 Å². The minimum atomic E-state index is -2.58. The number of hydrogen-bond acceptors (Lipinski definition) is 4. The topological polar surface area (TPSA) is 49.8 Å². The van der Waals surface area contributed by atoms with Gasteiger partial charge in [-0.25, -0.2) is 0 Å². The summed E-state index contributed by atoms with van der Waals surface area (Å²) in [6.07, 6.45) is -0.637. The second kappa shape index (κ2) is 7.20. The Bertz CT molecular complexity index is 501. The van der Waals surface area contributed by atoms with Crippen LogP contribution >= 0.6 is 11.8 Å². The van der Waals surface area contributed by atoms with Crippen LogP contribution in [0.5, 0.6) is 0 Å². The van der Waals surface area contributed by atoms with Gasteiger partial charge in [-0.1, -0.05) is 23.9 Å². The zero-order valence-corrected chi connectivity index (χ0v) is 12.4. The number of nitrogens with zero attached hydrogens (tertiary/aromatic N) is 1. The lowest BCUT2D eigenvalue weighted by atomic mass is 10.1. The molecule has 1 fully saturated rings. The maximum Gasteiger partial charge on any atom is 0.288 e.